The van der Waals surface area contributed by atoms with Crippen LogP contribution in [0.4, 0.5) is 4.39 Å². The molecule has 0 bridgehead atoms. The summed E-state index contributed by atoms with van der Waals surface area (Å²) < 4.78 is 11.8. The fourth-order valence-corrected chi connectivity index (χ4v) is 1.11. The highest BCUT2D eigenvalue weighted by atomic mass is 19.1. The van der Waals surface area contributed by atoms with E-state index in [1.807, 2.05) is 0 Å². The zero-order chi connectivity index (χ0) is 6.69. The molecule has 1 saturated heterocycles. The van der Waals surface area contributed by atoms with Crippen molar-refractivity contribution in [3.8, 4) is 0 Å². The minimum Gasteiger partial charge on any atom is -0.310 e. The Morgan fingerprint density at radius 3 is 3.00 bits per heavy atom. The molecule has 0 spiro atoms. The van der Waals surface area contributed by atoms with E-state index in [0.717, 1.165) is 31.3 Å². The van der Waals surface area contributed by atoms with Crippen molar-refractivity contribution in [2.75, 3.05) is 6.54 Å². The lowest BCUT2D eigenvalue weighted by Crippen LogP contribution is -2.19. The quantitative estimate of drug-likeness (QED) is 0.567. The van der Waals surface area contributed by atoms with Crippen molar-refractivity contribution in [1.82, 2.24) is 5.32 Å². The zero-order valence-electron chi connectivity index (χ0n) is 5.65. The molecule has 0 saturated carbocycles. The van der Waals surface area contributed by atoms with Gasteiger partial charge < -0.3 is 5.32 Å². The Hall–Kier alpha value is -0.370. The van der Waals surface area contributed by atoms with Crippen LogP contribution >= 0.6 is 0 Å². The lowest BCUT2D eigenvalue weighted by atomic mass is 10.1. The first-order chi connectivity index (χ1) is 4.36. The number of hydrogen-bond donors (Lipinski definition) is 1. The van der Waals surface area contributed by atoms with Crippen LogP contribution in [-0.4, -0.2) is 12.6 Å². The second kappa shape index (κ2) is 2.97. The van der Waals surface area contributed by atoms with E-state index in [1.54, 1.807) is 0 Å². The lowest BCUT2D eigenvalue weighted by molar-refractivity contribution is 0.590. The average Bonchev–Trinajstić information content (AvgIpc) is 2.34. The highest BCUT2D eigenvalue weighted by Crippen LogP contribution is 2.14. The summed E-state index contributed by atoms with van der Waals surface area (Å²) in [5.74, 6) is 0. The first kappa shape index (κ1) is 6.75. The second-order valence-electron chi connectivity index (χ2n) is 2.46. The lowest BCUT2D eigenvalue weighted by Gasteiger charge is -2.01. The van der Waals surface area contributed by atoms with E-state index in [2.05, 4.69) is 12.2 Å². The molecule has 0 aromatic heterocycles. The minimum atomic E-state index is 0.520. The maximum atomic E-state index is 11.8. The molecule has 9 heavy (non-hydrogen) atoms. The monoisotopic (exact) mass is 129 g/mol. The summed E-state index contributed by atoms with van der Waals surface area (Å²) in [6.45, 7) is 2.86. The molecule has 1 unspecified atom stereocenters. The third-order valence-electron chi connectivity index (χ3n) is 1.77. The molecule has 1 heterocycles. The van der Waals surface area contributed by atoms with Crippen molar-refractivity contribution >= 4 is 0 Å². The van der Waals surface area contributed by atoms with Crippen LogP contribution in [0.25, 0.3) is 0 Å². The maximum Gasteiger partial charge on any atom is 0.0872 e. The Kier molecular flexibility index (Phi) is 2.22. The fraction of sp³-hybridized carbons (Fsp3) is 0.714. The first-order valence-corrected chi connectivity index (χ1v) is 3.38. The van der Waals surface area contributed by atoms with Crippen LogP contribution in [0.1, 0.15) is 19.8 Å². The summed E-state index contributed by atoms with van der Waals surface area (Å²) >= 11 is 0. The van der Waals surface area contributed by atoms with Gasteiger partial charge in [-0.15, -0.1) is 0 Å². The van der Waals surface area contributed by atoms with Gasteiger partial charge in [-0.05, 0) is 18.4 Å². The number of halogens is 1. The molecular formula is C7H12FN. The first-order valence-electron chi connectivity index (χ1n) is 3.38. The Labute approximate surface area is 54.9 Å². The van der Waals surface area contributed by atoms with Crippen LogP contribution in [0.3, 0.4) is 0 Å². The molecule has 1 atom stereocenters. The Balaban J connectivity index is 2.38. The van der Waals surface area contributed by atoms with Crippen LogP contribution in [0.15, 0.2) is 11.9 Å². The molecule has 1 rings (SSSR count). The third-order valence-corrected chi connectivity index (χ3v) is 1.77. The van der Waals surface area contributed by atoms with Gasteiger partial charge in [0.25, 0.3) is 0 Å². The second-order valence-corrected chi connectivity index (χ2v) is 2.46. The predicted molar refractivity (Wildman–Crippen MR) is 35.9 cm³/mol. The molecule has 1 fully saturated rings. The van der Waals surface area contributed by atoms with Crippen molar-refractivity contribution < 1.29 is 4.39 Å². The molecule has 0 radical (unpaired) electrons. The molecular weight excluding hydrogens is 117 g/mol. The van der Waals surface area contributed by atoms with Crippen LogP contribution in [0.5, 0.6) is 0 Å². The smallest absolute Gasteiger partial charge is 0.0872 e. The Morgan fingerprint density at radius 2 is 2.67 bits per heavy atom. The summed E-state index contributed by atoms with van der Waals surface area (Å²) in [7, 11) is 0. The van der Waals surface area contributed by atoms with E-state index >= 15 is 0 Å². The van der Waals surface area contributed by atoms with Gasteiger partial charge >= 0.3 is 0 Å². The molecule has 1 nitrogen and oxygen atoms in total. The van der Waals surface area contributed by atoms with Crippen LogP contribution in [0.2, 0.25) is 0 Å². The zero-order valence-corrected chi connectivity index (χ0v) is 5.65. The van der Waals surface area contributed by atoms with Gasteiger partial charge in [0.05, 0.1) is 6.33 Å². The van der Waals surface area contributed by atoms with Crippen LogP contribution in [-0.2, 0) is 0 Å². The van der Waals surface area contributed by atoms with E-state index in [-0.39, 0.29) is 0 Å². The molecule has 1 aliphatic heterocycles. The largest absolute Gasteiger partial charge is 0.310 e. The van der Waals surface area contributed by atoms with Crippen molar-refractivity contribution in [1.29, 1.82) is 0 Å². The van der Waals surface area contributed by atoms with E-state index < -0.39 is 0 Å². The highest BCUT2D eigenvalue weighted by Gasteiger charge is 2.15. The highest BCUT2D eigenvalue weighted by molar-refractivity contribution is 5.08. The van der Waals surface area contributed by atoms with Gasteiger partial charge in [-0.2, -0.15) is 0 Å². The van der Waals surface area contributed by atoms with Gasteiger partial charge in [0.15, 0.2) is 0 Å². The Bertz CT molecular complexity index is 120. The molecule has 2 heteroatoms. The van der Waals surface area contributed by atoms with Crippen molar-refractivity contribution in [3.63, 3.8) is 0 Å². The number of nitrogens with one attached hydrogen (secondary N) is 1. The molecule has 0 aliphatic carbocycles. The third kappa shape index (κ3) is 1.52. The van der Waals surface area contributed by atoms with E-state index in [0.29, 0.717) is 6.04 Å². The average molecular weight is 129 g/mol. The normalized spacial score (nSPS) is 31.8. The Morgan fingerprint density at radius 1 is 1.89 bits per heavy atom. The number of rotatable bonds is 1. The SMILES string of the molecule is CCC1C/C(=C/F)CN1. The molecule has 52 valence electrons. The molecule has 1 aliphatic rings. The number of hydrogen-bond acceptors (Lipinski definition) is 1. The molecule has 0 amide bonds. The van der Waals surface area contributed by atoms with Crippen LogP contribution < -0.4 is 5.32 Å². The van der Waals surface area contributed by atoms with E-state index in [1.165, 1.54) is 0 Å². The van der Waals surface area contributed by atoms with E-state index in [9.17, 15) is 4.39 Å². The van der Waals surface area contributed by atoms with E-state index in [4.69, 9.17) is 0 Å². The summed E-state index contributed by atoms with van der Waals surface area (Å²) in [6.07, 6.45) is 2.72. The van der Waals surface area contributed by atoms with Gasteiger partial charge in [0.1, 0.15) is 0 Å². The van der Waals surface area contributed by atoms with Gasteiger partial charge in [0.2, 0.25) is 0 Å². The topological polar surface area (TPSA) is 12.0 Å². The standard InChI is InChI=1S/C7H12FN/c1-2-7-3-6(4-8)5-9-7/h4,7,9H,2-3,5H2,1H3/b6-4-. The summed E-state index contributed by atoms with van der Waals surface area (Å²) in [5, 5.41) is 3.20. The summed E-state index contributed by atoms with van der Waals surface area (Å²) in [5.41, 5.74) is 0.904. The van der Waals surface area contributed by atoms with Gasteiger partial charge in [-0.25, -0.2) is 4.39 Å². The van der Waals surface area contributed by atoms with Crippen LogP contribution in [0, 0.1) is 0 Å². The minimum absolute atomic E-state index is 0.520. The van der Waals surface area contributed by atoms with Gasteiger partial charge in [-0.1, -0.05) is 6.92 Å². The summed E-state index contributed by atoms with van der Waals surface area (Å²) in [6, 6.07) is 0.520. The maximum absolute atomic E-state index is 11.8. The van der Waals surface area contributed by atoms with Gasteiger partial charge in [-0.3, -0.25) is 0 Å². The molecule has 1 N–H and O–H groups in total. The van der Waals surface area contributed by atoms with Gasteiger partial charge in [0, 0.05) is 12.6 Å². The van der Waals surface area contributed by atoms with Crippen molar-refractivity contribution in [2.24, 2.45) is 0 Å². The van der Waals surface area contributed by atoms with Crippen molar-refractivity contribution in [2.45, 2.75) is 25.8 Å². The van der Waals surface area contributed by atoms with Crippen molar-refractivity contribution in [3.05, 3.63) is 11.9 Å². The molecule has 0 aromatic rings. The molecule has 0 aromatic carbocycles. The predicted octanol–water partition coefficient (Wildman–Crippen LogP) is 1.61. The summed E-state index contributed by atoms with van der Waals surface area (Å²) in [4.78, 5) is 0. The fourth-order valence-electron chi connectivity index (χ4n) is 1.11.